The minimum Gasteiger partial charge on any atom is -1.00 e. The maximum atomic E-state index is 12.5. The molecule has 0 fully saturated rings. The van der Waals surface area contributed by atoms with E-state index in [0.717, 1.165) is 35.7 Å². The Bertz CT molecular complexity index is 2850. The molecule has 0 aliphatic carbocycles. The van der Waals surface area contributed by atoms with E-state index in [1.165, 1.54) is 16.2 Å². The van der Waals surface area contributed by atoms with Gasteiger partial charge in [0.05, 0.1) is 11.5 Å². The van der Waals surface area contributed by atoms with Gasteiger partial charge in [0.15, 0.2) is 11.4 Å². The number of alkyl halides is 12. The standard InChI is InChI=1S/C13H14F3N3.C13H13F3N3.C11H9F3N2.C11H8F3N2.CH2O3.Ir.2Na.H/c2*1-12(2,3)8-4-5-17-9(6-8)10-7-11(19-18-10)13(14,15)16;2*1-16-7-9(11(12,13)14)15-10(16)8-5-3-2-4-6-8;2-1-4-3;;;;/h4-7H,1-3H3,(H,18,19);4-7H,1-3H3;2-7H,1H3;2-5,7H,1H3;1,3H;;;;/q;-1;;-1;;;2*+1;-1/p-1. The van der Waals surface area contributed by atoms with Crippen molar-refractivity contribution in [2.75, 3.05) is 0 Å². The average molecular weight is 1290 g/mol. The molecule has 0 unspecified atom stereocenters. The van der Waals surface area contributed by atoms with Gasteiger partial charge in [-0.25, -0.2) is 4.98 Å². The van der Waals surface area contributed by atoms with Crippen molar-refractivity contribution < 1.29 is 148 Å². The topological polar surface area (TPSA) is 166 Å². The third-order valence-corrected chi connectivity index (χ3v) is 9.84. The number of carbonyl (C=O) groups excluding carboxylic acids is 1. The quantitative estimate of drug-likeness (QED) is 0.0559. The number of H-pyrrole nitrogens is 1. The first-order valence-corrected chi connectivity index (χ1v) is 21.3. The number of nitrogens with zero attached hydrogens (tertiary/aromatic N) is 9. The molecule has 2 aromatic carbocycles. The molecule has 77 heavy (non-hydrogen) atoms. The van der Waals surface area contributed by atoms with Crippen LogP contribution in [0.2, 0.25) is 0 Å². The molecule has 0 spiro atoms. The molecule has 0 atom stereocenters. The third kappa shape index (κ3) is 21.2. The molecule has 1 radical (unpaired) electrons. The summed E-state index contributed by atoms with van der Waals surface area (Å²) in [6, 6.07) is 27.5. The smallest absolute Gasteiger partial charge is 1.00 e. The molecule has 28 heteroatoms. The number of benzene rings is 2. The Morgan fingerprint density at radius 2 is 1.09 bits per heavy atom. The summed E-state index contributed by atoms with van der Waals surface area (Å²) in [6.07, 6.45) is -12.6. The fraction of sp³-hybridized carbons (Fsp3) is 0.286. The molecule has 8 aromatic rings. The monoisotopic (exact) mass is 1290 g/mol. The van der Waals surface area contributed by atoms with Crippen molar-refractivity contribution in [1.82, 2.24) is 49.5 Å². The number of nitrogens with one attached hydrogen (secondary N) is 1. The Labute approximate surface area is 493 Å². The summed E-state index contributed by atoms with van der Waals surface area (Å²) < 4.78 is 152. The van der Waals surface area contributed by atoms with E-state index in [-0.39, 0.29) is 115 Å². The van der Waals surface area contributed by atoms with E-state index in [2.05, 4.69) is 46.2 Å². The molecule has 8 rings (SSSR count). The Morgan fingerprint density at radius 1 is 0.623 bits per heavy atom. The molecule has 0 saturated heterocycles. The molecule has 0 aliphatic rings. The maximum Gasteiger partial charge on any atom is 1.00 e. The first kappa shape index (κ1) is 69.8. The Kier molecular flexibility index (Phi) is 26.4. The summed E-state index contributed by atoms with van der Waals surface area (Å²) >= 11 is 0. The maximum absolute atomic E-state index is 12.5. The van der Waals surface area contributed by atoms with Crippen molar-refractivity contribution >= 4 is 6.47 Å². The van der Waals surface area contributed by atoms with Gasteiger partial charge in [0.25, 0.3) is 6.47 Å². The summed E-state index contributed by atoms with van der Waals surface area (Å²) in [4.78, 5) is 26.5. The number of halogens is 12. The van der Waals surface area contributed by atoms with Gasteiger partial charge in [-0.15, -0.1) is 35.9 Å². The summed E-state index contributed by atoms with van der Waals surface area (Å²) in [7, 11) is 3.07. The van der Waals surface area contributed by atoms with Crippen LogP contribution in [0.25, 0.3) is 45.6 Å². The number of aromatic amines is 1. The zero-order chi connectivity index (χ0) is 55.5. The zero-order valence-electron chi connectivity index (χ0n) is 43.7. The van der Waals surface area contributed by atoms with Gasteiger partial charge in [0, 0.05) is 70.2 Å². The number of carbonyl (C=O) groups is 1. The van der Waals surface area contributed by atoms with Gasteiger partial charge >= 0.3 is 83.8 Å². The van der Waals surface area contributed by atoms with Crippen LogP contribution in [-0.4, -0.2) is 50.8 Å². The molecular formula is C49H46F12IrN10Na2O3-2. The first-order chi connectivity index (χ1) is 34.2. The fourth-order valence-corrected chi connectivity index (χ4v) is 6.08. The molecule has 407 valence electrons. The number of hydrogen-bond donors (Lipinski definition) is 1. The van der Waals surface area contributed by atoms with Crippen LogP contribution in [0.3, 0.4) is 0 Å². The van der Waals surface area contributed by atoms with Gasteiger partial charge in [-0.05, 0) is 58.4 Å². The van der Waals surface area contributed by atoms with Gasteiger partial charge < -0.3 is 30.9 Å². The van der Waals surface area contributed by atoms with Gasteiger partial charge in [-0.3, -0.25) is 24.8 Å². The molecule has 6 aromatic heterocycles. The summed E-state index contributed by atoms with van der Waals surface area (Å²) in [6.45, 7) is 11.9. The molecule has 0 amide bonds. The van der Waals surface area contributed by atoms with Crippen molar-refractivity contribution in [2.24, 2.45) is 14.1 Å². The Morgan fingerprint density at radius 3 is 1.51 bits per heavy atom. The van der Waals surface area contributed by atoms with Crippen LogP contribution >= 0.6 is 0 Å². The second-order valence-electron chi connectivity index (χ2n) is 17.6. The molecule has 0 bridgehead atoms. The normalized spacial score (nSPS) is 11.4. The van der Waals surface area contributed by atoms with Gasteiger partial charge in [-0.2, -0.15) is 57.8 Å². The van der Waals surface area contributed by atoms with Crippen LogP contribution in [0.4, 0.5) is 52.7 Å². The summed E-state index contributed by atoms with van der Waals surface area (Å²) in [5.74, 6) is 0.570. The fourth-order valence-electron chi connectivity index (χ4n) is 6.08. The molecular weight excluding hydrogens is 1240 g/mol. The van der Waals surface area contributed by atoms with E-state index < -0.39 is 47.5 Å². The number of aryl methyl sites for hydroxylation is 2. The summed E-state index contributed by atoms with van der Waals surface area (Å²) in [5.41, 5.74) is 0.522. The van der Waals surface area contributed by atoms with Crippen LogP contribution in [0.15, 0.2) is 116 Å². The number of imidazole rings is 2. The number of aromatic nitrogens is 10. The van der Waals surface area contributed by atoms with Crippen molar-refractivity contribution in [3.8, 4) is 45.6 Å². The SMILES string of the molecule is CC(C)(C)c1ccnc(-c2cc(C(F)(F)F)[nH]n2)c1.CC(C)(C)c1ccnc(-c2cc(C(F)(F)F)n[n-]2)c1.Cn1cc(C(F)(F)F)nc1-c1[c-]cccc1.Cn1cc(C(F)(F)F)nc1-c1ccccc1.O=CO[O-].[H-].[Ir].[Na+].[Na+]. The van der Waals surface area contributed by atoms with Crippen molar-refractivity contribution in [3.05, 3.63) is 156 Å². The Balaban J connectivity index is 0.000000976. The molecule has 6 heterocycles. The number of hydrogen-bond acceptors (Lipinski definition) is 9. The van der Waals surface area contributed by atoms with Crippen molar-refractivity contribution in [2.45, 2.75) is 77.1 Å². The van der Waals surface area contributed by atoms with Crippen LogP contribution in [0.1, 0.15) is 76.9 Å². The second-order valence-corrected chi connectivity index (χ2v) is 17.6. The van der Waals surface area contributed by atoms with Gasteiger partial charge in [0.1, 0.15) is 22.9 Å². The van der Waals surface area contributed by atoms with Crippen molar-refractivity contribution in [1.29, 1.82) is 0 Å². The first-order valence-electron chi connectivity index (χ1n) is 21.3. The van der Waals surface area contributed by atoms with Gasteiger partial charge in [-0.1, -0.05) is 77.6 Å². The van der Waals surface area contributed by atoms with E-state index in [1.807, 2.05) is 58.8 Å². The van der Waals surface area contributed by atoms with E-state index in [4.69, 9.17) is 10.1 Å². The van der Waals surface area contributed by atoms with E-state index in [1.54, 1.807) is 86.2 Å². The summed E-state index contributed by atoms with van der Waals surface area (Å²) in [5, 5.41) is 20.8. The minimum atomic E-state index is -4.48. The average Bonchev–Trinajstić information content (AvgIpc) is 4.17. The minimum absolute atomic E-state index is 0. The third-order valence-electron chi connectivity index (χ3n) is 9.84. The van der Waals surface area contributed by atoms with E-state index in [9.17, 15) is 52.7 Å². The molecule has 13 nitrogen and oxygen atoms in total. The van der Waals surface area contributed by atoms with E-state index >= 15 is 0 Å². The van der Waals surface area contributed by atoms with E-state index in [0.29, 0.717) is 28.3 Å². The number of pyridine rings is 2. The van der Waals surface area contributed by atoms with Crippen LogP contribution in [-0.2, 0) is 79.4 Å². The molecule has 0 saturated carbocycles. The number of rotatable bonds is 5. The second kappa shape index (κ2) is 29.2. The van der Waals surface area contributed by atoms with Crippen LogP contribution in [0.5, 0.6) is 0 Å². The van der Waals surface area contributed by atoms with Gasteiger partial charge in [0.2, 0.25) is 0 Å². The largest absolute Gasteiger partial charge is 1.00 e. The molecule has 1 N–H and O–H groups in total. The van der Waals surface area contributed by atoms with Crippen LogP contribution in [0, 0.1) is 6.07 Å². The predicted octanol–water partition coefficient (Wildman–Crippen LogP) is 5.77. The Hall–Kier alpha value is -5.18. The molecule has 0 aliphatic heterocycles. The zero-order valence-corrected chi connectivity index (χ0v) is 49.1. The van der Waals surface area contributed by atoms with Crippen LogP contribution < -0.4 is 69.5 Å². The van der Waals surface area contributed by atoms with Crippen molar-refractivity contribution in [3.63, 3.8) is 0 Å². The predicted molar refractivity (Wildman–Crippen MR) is 244 cm³/mol.